The van der Waals surface area contributed by atoms with Gasteiger partial charge in [-0.2, -0.15) is 4.15 Å². The third-order valence-corrected chi connectivity index (χ3v) is 1.39. The number of rotatable bonds is 0. The van der Waals surface area contributed by atoms with Gasteiger partial charge in [-0.3, -0.25) is 0 Å². The molecule has 4 heteroatoms. The summed E-state index contributed by atoms with van der Waals surface area (Å²) in [6.07, 6.45) is 0. The fourth-order valence-corrected chi connectivity index (χ4v) is 0. The Morgan fingerprint density at radius 3 is 2.25 bits per heavy atom. The summed E-state index contributed by atoms with van der Waals surface area (Å²) in [6, 6.07) is 0. The molecular formula is H3NP2S. The Hall–Kier alpha value is 0.880. The smallest absolute Gasteiger partial charge is 0.0382 e. The van der Waals surface area contributed by atoms with E-state index in [-0.39, 0.29) is 0 Å². The molecule has 0 N–H and O–H groups in total. The molecule has 0 amide bonds. The van der Waals surface area contributed by atoms with Crippen molar-refractivity contribution in [1.82, 2.24) is 0 Å². The lowest BCUT2D eigenvalue weighted by Gasteiger charge is -1.49. The molecular weight excluding hydrogens is 108 g/mol. The zero-order valence-corrected chi connectivity index (χ0v) is 4.86. The lowest BCUT2D eigenvalue weighted by molar-refractivity contribution is 2.14. The Kier molecular flexibility index (Phi) is 4.73. The molecule has 0 heterocycles. The average molecular weight is 111 g/mol. The van der Waals surface area contributed by atoms with Crippen LogP contribution in [0.4, 0.5) is 0 Å². The summed E-state index contributed by atoms with van der Waals surface area (Å²) in [5.41, 5.74) is 0. The third-order valence-electron chi connectivity index (χ3n) is 0.0516. The van der Waals surface area contributed by atoms with E-state index in [1.807, 2.05) is 0 Å². The molecule has 0 saturated heterocycles. The molecule has 0 saturated carbocycles. The molecule has 1 nitrogen and oxygen atoms in total. The zero-order chi connectivity index (χ0) is 3.41. The second kappa shape index (κ2) is 3.88. The van der Waals surface area contributed by atoms with Crippen LogP contribution in [0.3, 0.4) is 0 Å². The van der Waals surface area contributed by atoms with E-state index in [0.717, 1.165) is 8.06 Å². The molecule has 0 radical (unpaired) electrons. The summed E-state index contributed by atoms with van der Waals surface area (Å²) >= 11 is 3.51. The molecule has 0 aromatic carbocycles. The first-order valence-corrected chi connectivity index (χ1v) is 3.52. The zero-order valence-electron chi connectivity index (χ0n) is 1.92. The van der Waals surface area contributed by atoms with Gasteiger partial charge in [0.1, 0.15) is 0 Å². The number of nitrogens with zero attached hydrogens (tertiary/aromatic N) is 1. The van der Waals surface area contributed by atoms with E-state index in [2.05, 4.69) is 25.9 Å². The number of hydrogen-bond acceptors (Lipinski definition) is 1. The molecule has 0 fully saturated rings. The van der Waals surface area contributed by atoms with Gasteiger partial charge in [0, 0.05) is 8.06 Å². The lowest BCUT2D eigenvalue weighted by Crippen LogP contribution is -0.890. The Labute approximate surface area is 34.7 Å². The first-order chi connectivity index (χ1) is 1.91. The van der Waals surface area contributed by atoms with E-state index in [0.29, 0.717) is 0 Å². The summed E-state index contributed by atoms with van der Waals surface area (Å²) in [5, 5.41) is 0. The van der Waals surface area contributed by atoms with Crippen molar-refractivity contribution in [3.8, 4) is 0 Å². The van der Waals surface area contributed by atoms with Gasteiger partial charge in [-0.15, -0.1) is 0 Å². The summed E-state index contributed by atoms with van der Waals surface area (Å²) in [4.78, 5) is 0. The fraction of sp³-hybridized carbons (Fsp3) is 0. The molecule has 0 aromatic rings. The van der Waals surface area contributed by atoms with Gasteiger partial charge in [0.05, 0.1) is 0 Å². The van der Waals surface area contributed by atoms with Crippen molar-refractivity contribution in [1.29, 1.82) is 0 Å². The highest BCUT2D eigenvalue weighted by atomic mass is 32.1. The molecule has 1 atom stereocenters. The third kappa shape index (κ3) is 2.88. The van der Waals surface area contributed by atoms with Gasteiger partial charge in [-0.25, -0.2) is 0 Å². The Balaban J connectivity index is 2.55. The Bertz CT molecular complexity index is 21.2. The van der Waals surface area contributed by atoms with Crippen molar-refractivity contribution in [2.24, 2.45) is 4.15 Å². The summed E-state index contributed by atoms with van der Waals surface area (Å²) in [6.45, 7) is 0. The van der Waals surface area contributed by atoms with Crippen LogP contribution in [0.5, 0.6) is 0 Å². The fourth-order valence-electron chi connectivity index (χ4n) is 0. The highest BCUT2D eigenvalue weighted by molar-refractivity contribution is 8.00. The number of thiol groups is 1. The minimum absolute atomic E-state index is 0.904. The van der Waals surface area contributed by atoms with E-state index < -0.39 is 0 Å². The molecule has 0 rings (SSSR count). The van der Waals surface area contributed by atoms with Crippen LogP contribution in [0.25, 0.3) is 0 Å². The SMILES string of the molecule is P/P=N/S. The van der Waals surface area contributed by atoms with E-state index in [1.54, 1.807) is 0 Å². The molecule has 24 valence electrons. The van der Waals surface area contributed by atoms with Crippen molar-refractivity contribution < 1.29 is 0 Å². The van der Waals surface area contributed by atoms with Crippen molar-refractivity contribution in [2.45, 2.75) is 0 Å². The Morgan fingerprint density at radius 1 is 2.00 bits per heavy atom. The van der Waals surface area contributed by atoms with Crippen LogP contribution in [-0.4, -0.2) is 0 Å². The minimum atomic E-state index is 0.904. The maximum Gasteiger partial charge on any atom is 0.0382 e. The topological polar surface area (TPSA) is 12.4 Å². The van der Waals surface area contributed by atoms with E-state index >= 15 is 0 Å². The average Bonchev–Trinajstić information content (AvgIpc) is 1.37. The van der Waals surface area contributed by atoms with Crippen LogP contribution >= 0.6 is 29.8 Å². The monoisotopic (exact) mass is 111 g/mol. The molecule has 0 aliphatic carbocycles. The van der Waals surface area contributed by atoms with Gasteiger partial charge in [0.15, 0.2) is 0 Å². The molecule has 0 spiro atoms. The van der Waals surface area contributed by atoms with E-state index in [4.69, 9.17) is 0 Å². The van der Waals surface area contributed by atoms with Gasteiger partial charge in [0.25, 0.3) is 0 Å². The van der Waals surface area contributed by atoms with Crippen LogP contribution in [0.15, 0.2) is 4.15 Å². The minimum Gasteiger partial charge on any atom is -0.200 e. The van der Waals surface area contributed by atoms with Crippen molar-refractivity contribution in [3.63, 3.8) is 0 Å². The lowest BCUT2D eigenvalue weighted by atomic mass is 13.9. The van der Waals surface area contributed by atoms with Gasteiger partial charge >= 0.3 is 0 Å². The quantitative estimate of drug-likeness (QED) is 0.361. The summed E-state index contributed by atoms with van der Waals surface area (Å²) < 4.78 is 3.37. The molecule has 0 aromatic heterocycles. The maximum absolute atomic E-state index is 3.51. The van der Waals surface area contributed by atoms with Gasteiger partial charge < -0.3 is 0 Å². The van der Waals surface area contributed by atoms with Crippen LogP contribution in [-0.2, 0) is 0 Å². The summed E-state index contributed by atoms with van der Waals surface area (Å²) in [5.74, 6) is 0. The van der Waals surface area contributed by atoms with Crippen molar-refractivity contribution in [3.05, 3.63) is 0 Å². The first-order valence-electron chi connectivity index (χ1n) is 0.658. The van der Waals surface area contributed by atoms with Crippen molar-refractivity contribution in [2.75, 3.05) is 0 Å². The van der Waals surface area contributed by atoms with Gasteiger partial charge in [0.2, 0.25) is 0 Å². The molecule has 0 aliphatic rings. The highest BCUT2D eigenvalue weighted by Crippen LogP contribution is 2.09. The normalized spacial score (nSPS) is 9.50. The van der Waals surface area contributed by atoms with Crippen LogP contribution in [0.1, 0.15) is 0 Å². The van der Waals surface area contributed by atoms with Gasteiger partial charge in [-0.1, -0.05) is 8.93 Å². The predicted octanol–water partition coefficient (Wildman–Crippen LogP) is 1.75. The maximum atomic E-state index is 3.51. The second-order valence-corrected chi connectivity index (χ2v) is 1.84. The van der Waals surface area contributed by atoms with E-state index in [9.17, 15) is 0 Å². The standard InChI is InChI=1S/H3NP2S/c2-3-1-4/h4H,2H2. The number of hydrogen-bond donors (Lipinski definition) is 1. The van der Waals surface area contributed by atoms with Crippen molar-refractivity contribution >= 4 is 29.8 Å². The van der Waals surface area contributed by atoms with Gasteiger partial charge in [-0.05, 0) is 12.8 Å². The highest BCUT2D eigenvalue weighted by Gasteiger charge is 1.35. The molecule has 1 unspecified atom stereocenters. The summed E-state index contributed by atoms with van der Waals surface area (Å²) in [7, 11) is 3.29. The van der Waals surface area contributed by atoms with Crippen LogP contribution < -0.4 is 0 Å². The van der Waals surface area contributed by atoms with Crippen LogP contribution in [0.2, 0.25) is 0 Å². The molecule has 0 aliphatic heterocycles. The molecule has 0 bridgehead atoms. The largest absolute Gasteiger partial charge is 0.200 e. The van der Waals surface area contributed by atoms with E-state index in [1.165, 1.54) is 0 Å². The predicted molar refractivity (Wildman–Crippen MR) is 28.0 cm³/mol. The second-order valence-electron chi connectivity index (χ2n) is 0.205. The Morgan fingerprint density at radius 2 is 2.25 bits per heavy atom. The van der Waals surface area contributed by atoms with Crippen LogP contribution in [0, 0.1) is 0 Å². The molecule has 4 heavy (non-hydrogen) atoms. The first kappa shape index (κ1) is 4.88.